The van der Waals surface area contributed by atoms with Crippen molar-refractivity contribution in [3.05, 3.63) is 44.6 Å². The van der Waals surface area contributed by atoms with Crippen molar-refractivity contribution in [3.63, 3.8) is 0 Å². The Hall–Kier alpha value is -1.04. The van der Waals surface area contributed by atoms with E-state index in [1.54, 1.807) is 0 Å². The van der Waals surface area contributed by atoms with E-state index in [2.05, 4.69) is 15.9 Å². The first-order valence-electron chi connectivity index (χ1n) is 6.48. The topological polar surface area (TPSA) is 38.7 Å². The predicted molar refractivity (Wildman–Crippen MR) is 84.9 cm³/mol. The number of thiophene rings is 1. The predicted octanol–water partition coefficient (Wildman–Crippen LogP) is 4.39. The molecule has 2 aromatic rings. The number of halogens is 1. The van der Waals surface area contributed by atoms with Gasteiger partial charge in [-0.2, -0.15) is 0 Å². The van der Waals surface area contributed by atoms with E-state index in [0.717, 1.165) is 14.2 Å². The van der Waals surface area contributed by atoms with E-state index in [-0.39, 0.29) is 0 Å². The molecule has 5 heteroatoms. The molecule has 1 heterocycles. The summed E-state index contributed by atoms with van der Waals surface area (Å²) in [5.74, 6) is 1.37. The fourth-order valence-corrected chi connectivity index (χ4v) is 3.32. The van der Waals surface area contributed by atoms with Crippen molar-refractivity contribution in [2.24, 2.45) is 0 Å². The standard InChI is InChI=1S/C15H17BrO3S/c1-3-18-11-6-5-10(9-12(11)19-4-2)15(17)13-7-8-14(16)20-13/h5-9,15,17H,3-4H2,1-2H3. The van der Waals surface area contributed by atoms with Crippen LogP contribution >= 0.6 is 27.3 Å². The van der Waals surface area contributed by atoms with Gasteiger partial charge in [0.15, 0.2) is 11.5 Å². The Bertz CT molecular complexity index is 568. The van der Waals surface area contributed by atoms with E-state index in [9.17, 15) is 5.11 Å². The van der Waals surface area contributed by atoms with Crippen LogP contribution in [0.2, 0.25) is 0 Å². The first-order chi connectivity index (χ1) is 9.65. The van der Waals surface area contributed by atoms with Crippen molar-refractivity contribution < 1.29 is 14.6 Å². The van der Waals surface area contributed by atoms with Gasteiger partial charge in [0.1, 0.15) is 6.10 Å². The third kappa shape index (κ3) is 3.53. The molecule has 1 unspecified atom stereocenters. The number of ether oxygens (including phenoxy) is 2. The van der Waals surface area contributed by atoms with E-state index in [1.165, 1.54) is 11.3 Å². The zero-order valence-electron chi connectivity index (χ0n) is 11.4. The van der Waals surface area contributed by atoms with Crippen LogP contribution in [0.1, 0.15) is 30.4 Å². The van der Waals surface area contributed by atoms with Crippen molar-refractivity contribution >= 4 is 27.3 Å². The molecule has 108 valence electrons. The van der Waals surface area contributed by atoms with Gasteiger partial charge in [0.05, 0.1) is 17.0 Å². The van der Waals surface area contributed by atoms with Gasteiger partial charge in [0, 0.05) is 4.88 Å². The first kappa shape index (κ1) is 15.4. The van der Waals surface area contributed by atoms with Crippen LogP contribution in [-0.4, -0.2) is 18.3 Å². The van der Waals surface area contributed by atoms with E-state index in [0.29, 0.717) is 24.7 Å². The third-order valence-corrected chi connectivity index (χ3v) is 4.42. The van der Waals surface area contributed by atoms with Gasteiger partial charge >= 0.3 is 0 Å². The average Bonchev–Trinajstić information content (AvgIpc) is 2.87. The Morgan fingerprint density at radius 3 is 2.40 bits per heavy atom. The number of benzene rings is 1. The summed E-state index contributed by atoms with van der Waals surface area (Å²) >= 11 is 4.93. The SMILES string of the molecule is CCOc1ccc(C(O)c2ccc(Br)s2)cc1OCC. The molecule has 0 spiro atoms. The maximum Gasteiger partial charge on any atom is 0.161 e. The third-order valence-electron chi connectivity index (χ3n) is 2.75. The van der Waals surface area contributed by atoms with Crippen LogP contribution in [0.4, 0.5) is 0 Å². The van der Waals surface area contributed by atoms with E-state index >= 15 is 0 Å². The first-order valence-corrected chi connectivity index (χ1v) is 8.09. The van der Waals surface area contributed by atoms with Crippen molar-refractivity contribution in [2.75, 3.05) is 13.2 Å². The summed E-state index contributed by atoms with van der Waals surface area (Å²) in [6, 6.07) is 9.39. The number of rotatable bonds is 6. The zero-order valence-corrected chi connectivity index (χ0v) is 13.8. The summed E-state index contributed by atoms with van der Waals surface area (Å²) in [5, 5.41) is 10.4. The minimum Gasteiger partial charge on any atom is -0.490 e. The highest BCUT2D eigenvalue weighted by molar-refractivity contribution is 9.11. The van der Waals surface area contributed by atoms with Gasteiger partial charge in [-0.3, -0.25) is 0 Å². The lowest BCUT2D eigenvalue weighted by Crippen LogP contribution is -2.02. The van der Waals surface area contributed by atoms with Crippen molar-refractivity contribution in [1.29, 1.82) is 0 Å². The summed E-state index contributed by atoms with van der Waals surface area (Å²) in [4.78, 5) is 0.892. The van der Waals surface area contributed by atoms with Crippen LogP contribution in [0.25, 0.3) is 0 Å². The summed E-state index contributed by atoms with van der Waals surface area (Å²) in [7, 11) is 0. The molecule has 0 fully saturated rings. The smallest absolute Gasteiger partial charge is 0.161 e. The van der Waals surface area contributed by atoms with Gasteiger partial charge in [0.2, 0.25) is 0 Å². The molecule has 1 atom stereocenters. The highest BCUT2D eigenvalue weighted by Crippen LogP contribution is 2.35. The monoisotopic (exact) mass is 356 g/mol. The Balaban J connectivity index is 2.29. The van der Waals surface area contributed by atoms with Gasteiger partial charge in [0.25, 0.3) is 0 Å². The molecule has 0 aliphatic rings. The number of hydrogen-bond donors (Lipinski definition) is 1. The van der Waals surface area contributed by atoms with Gasteiger partial charge < -0.3 is 14.6 Å². The van der Waals surface area contributed by atoms with E-state index < -0.39 is 6.10 Å². The average molecular weight is 357 g/mol. The number of aliphatic hydroxyl groups excluding tert-OH is 1. The van der Waals surface area contributed by atoms with E-state index in [4.69, 9.17) is 9.47 Å². The summed E-state index contributed by atoms with van der Waals surface area (Å²) in [5.41, 5.74) is 0.797. The van der Waals surface area contributed by atoms with Crippen LogP contribution < -0.4 is 9.47 Å². The van der Waals surface area contributed by atoms with Crippen LogP contribution in [0, 0.1) is 0 Å². The van der Waals surface area contributed by atoms with Gasteiger partial charge in [-0.05, 0) is 59.6 Å². The molecule has 0 aliphatic carbocycles. The maximum absolute atomic E-state index is 10.4. The van der Waals surface area contributed by atoms with Crippen molar-refractivity contribution in [1.82, 2.24) is 0 Å². The largest absolute Gasteiger partial charge is 0.490 e. The Morgan fingerprint density at radius 2 is 1.80 bits per heavy atom. The molecule has 1 N–H and O–H groups in total. The molecule has 0 radical (unpaired) electrons. The quantitative estimate of drug-likeness (QED) is 0.833. The minimum absolute atomic E-state index is 0.560. The number of hydrogen-bond acceptors (Lipinski definition) is 4. The molecule has 1 aromatic carbocycles. The maximum atomic E-state index is 10.4. The van der Waals surface area contributed by atoms with Gasteiger partial charge in [-0.1, -0.05) is 6.07 Å². The molecule has 20 heavy (non-hydrogen) atoms. The fourth-order valence-electron chi connectivity index (χ4n) is 1.88. The van der Waals surface area contributed by atoms with Crippen molar-refractivity contribution in [2.45, 2.75) is 20.0 Å². The second-order valence-corrected chi connectivity index (χ2v) is 6.61. The molecule has 0 bridgehead atoms. The Kier molecular flexibility index (Phi) is 5.46. The molecule has 2 rings (SSSR count). The van der Waals surface area contributed by atoms with Crippen LogP contribution in [0.5, 0.6) is 11.5 Å². The number of aliphatic hydroxyl groups is 1. The fraction of sp³-hybridized carbons (Fsp3) is 0.333. The highest BCUT2D eigenvalue weighted by atomic mass is 79.9. The molecule has 1 aromatic heterocycles. The lowest BCUT2D eigenvalue weighted by Gasteiger charge is -2.15. The lowest BCUT2D eigenvalue weighted by atomic mass is 10.1. The second kappa shape index (κ2) is 7.11. The molecule has 0 amide bonds. The van der Waals surface area contributed by atoms with Gasteiger partial charge in [-0.25, -0.2) is 0 Å². The normalized spacial score (nSPS) is 12.2. The molecule has 3 nitrogen and oxygen atoms in total. The van der Waals surface area contributed by atoms with Crippen molar-refractivity contribution in [3.8, 4) is 11.5 Å². The molecular formula is C15H17BrO3S. The Morgan fingerprint density at radius 1 is 1.10 bits per heavy atom. The molecule has 0 saturated carbocycles. The van der Waals surface area contributed by atoms with Crippen LogP contribution in [-0.2, 0) is 0 Å². The van der Waals surface area contributed by atoms with Crippen LogP contribution in [0.3, 0.4) is 0 Å². The summed E-state index contributed by atoms with van der Waals surface area (Å²) in [6.45, 7) is 5.00. The molecular weight excluding hydrogens is 340 g/mol. The lowest BCUT2D eigenvalue weighted by molar-refractivity contribution is 0.222. The van der Waals surface area contributed by atoms with Gasteiger partial charge in [-0.15, -0.1) is 11.3 Å². The Labute approximate surface area is 131 Å². The summed E-state index contributed by atoms with van der Waals surface area (Å²) < 4.78 is 12.1. The highest BCUT2D eigenvalue weighted by Gasteiger charge is 2.15. The minimum atomic E-state index is -0.652. The molecule has 0 saturated heterocycles. The van der Waals surface area contributed by atoms with E-state index in [1.807, 2.05) is 44.2 Å². The summed E-state index contributed by atoms with van der Waals surface area (Å²) in [6.07, 6.45) is -0.652. The van der Waals surface area contributed by atoms with Crippen LogP contribution in [0.15, 0.2) is 34.1 Å². The zero-order chi connectivity index (χ0) is 14.5. The second-order valence-electron chi connectivity index (χ2n) is 4.12. The molecule has 0 aliphatic heterocycles.